The second-order valence-electron chi connectivity index (χ2n) is 35.5. The molecule has 36 atom stereocenters. The number of cyclic esters (lactones) is 2. The van der Waals surface area contributed by atoms with Crippen LogP contribution in [0.15, 0.2) is 0 Å². The maximum absolute atomic E-state index is 14.5. The van der Waals surface area contributed by atoms with Crippen LogP contribution in [0.5, 0.6) is 0 Å². The van der Waals surface area contributed by atoms with E-state index in [9.17, 15) is 60.0 Å². The monoisotopic (exact) mass is 1580 g/mol. The Kier molecular flexibility index (Phi) is 35.5. The number of nitrogens with zero attached hydrogens (tertiary/aromatic N) is 4. The van der Waals surface area contributed by atoms with E-state index in [1.807, 2.05) is 110 Å². The smallest absolute Gasteiger partial charge is 0.311 e. The first-order valence-electron chi connectivity index (χ1n) is 40.1. The van der Waals surface area contributed by atoms with Crippen molar-refractivity contribution >= 4 is 23.9 Å². The van der Waals surface area contributed by atoms with Crippen LogP contribution in [0.1, 0.15) is 204 Å². The summed E-state index contributed by atoms with van der Waals surface area (Å²) in [7, 11) is 14.2. The van der Waals surface area contributed by atoms with Gasteiger partial charge in [0, 0.05) is 84.0 Å². The van der Waals surface area contributed by atoms with Gasteiger partial charge in [0.25, 0.3) is 0 Å². The van der Waals surface area contributed by atoms with Gasteiger partial charge in [-0.1, -0.05) is 41.5 Å². The molecule has 8 N–H and O–H groups in total. The minimum atomic E-state index is -1.83. The van der Waals surface area contributed by atoms with Crippen LogP contribution in [0, 0.1) is 35.5 Å². The summed E-state index contributed by atoms with van der Waals surface area (Å²) in [5.41, 5.74) is -8.89. The molecule has 0 aromatic heterocycles. The molecule has 6 aliphatic heterocycles. The summed E-state index contributed by atoms with van der Waals surface area (Å²) in [6.45, 7) is 38.6. The molecule has 0 bridgehead atoms. The molecular weight excluding hydrogens is 1430 g/mol. The molecule has 0 aliphatic carbocycles. The molecule has 6 saturated heterocycles. The summed E-state index contributed by atoms with van der Waals surface area (Å²) in [5.74, 6) is -6.51. The fourth-order valence-corrected chi connectivity index (χ4v) is 18.2. The van der Waals surface area contributed by atoms with Crippen molar-refractivity contribution in [2.24, 2.45) is 35.5 Å². The van der Waals surface area contributed by atoms with E-state index in [1.54, 1.807) is 76.2 Å². The fraction of sp³-hybridized carbons (Fsp3) is 0.950. The van der Waals surface area contributed by atoms with Crippen molar-refractivity contribution < 1.29 is 126 Å². The van der Waals surface area contributed by atoms with Crippen molar-refractivity contribution in [1.29, 1.82) is 0 Å². The number of hydrogen-bond donors (Lipinski definition) is 8. The molecule has 0 saturated carbocycles. The number of ether oxygens (including phenoxy) is 14. The predicted molar refractivity (Wildman–Crippen MR) is 407 cm³/mol. The van der Waals surface area contributed by atoms with Crippen molar-refractivity contribution in [1.82, 2.24) is 19.6 Å². The van der Waals surface area contributed by atoms with Crippen LogP contribution >= 0.6 is 0 Å². The van der Waals surface area contributed by atoms with Crippen LogP contribution in [0.25, 0.3) is 0 Å². The topological polar surface area (TPSA) is 372 Å². The van der Waals surface area contributed by atoms with Crippen molar-refractivity contribution in [3.63, 3.8) is 0 Å². The third kappa shape index (κ3) is 23.7. The standard InChI is InChI=1S/C42H76N2O14.C38H72N2O12/c1-17-31-42(12,50)37(55-29(9)46)26(6)44(15)21-22(2)19-40(10,49)36(58-39-34(54-28(8)45)30(43(13)14)18-23(3)52-39)24(4)33(25(5)38(48)56-31)57-32-20-41(11,51-16)35(47)27(7)53-32;1-15-27-38(10,46)31(42)24(6)40(13)19-20(2)17-36(8,45)33(52-35-29(41)26(39(11)12)16-21(3)48-35)22(4)30(23(5)34(44)50-27)51-28-18-37(9,47-14)32(43)25(7)49-28/h22-27,30-37,39,47,49-50H,17-21H2,1-16H3;20-33,35,41-43,45-46H,15-19H2,1-14H3/t22-,23-,24+,25-,26-,27+,30+,31-,32+,33+,34-,35+,36-,37-,39+,40-,41-,42-;20-,21-,22+,23-,24-,25+,26+,27-,28+,29-,30+,31-,32+,33-,35+,36-,37-,38-/m11/s1. The van der Waals surface area contributed by atoms with E-state index in [0.29, 0.717) is 25.9 Å². The summed E-state index contributed by atoms with van der Waals surface area (Å²) in [4.78, 5) is 61.4. The van der Waals surface area contributed by atoms with Crippen LogP contribution in [-0.2, 0) is 85.5 Å². The zero-order valence-corrected chi connectivity index (χ0v) is 72.1. The number of esters is 4. The number of rotatable bonds is 16. The van der Waals surface area contributed by atoms with Crippen LogP contribution in [0.3, 0.4) is 0 Å². The third-order valence-electron chi connectivity index (χ3n) is 24.9. The second-order valence-corrected chi connectivity index (χ2v) is 35.5. The molecule has 0 aromatic carbocycles. The average molecular weight is 1580 g/mol. The van der Waals surface area contributed by atoms with E-state index >= 15 is 0 Å². The van der Waals surface area contributed by atoms with Gasteiger partial charge in [-0.15, -0.1) is 0 Å². The SMILES string of the molecule is CC[C@H]1OC(=O)[C@H](C)[C@@H](O[C@H]2C[C@@](C)(OC)[C@@H](O)[C@H](C)O2)[C@H](C)[C@@H](O[C@@H]2O[C@H](C)C[C@H](N(C)C)[C@H]2O)[C@](C)(O)C[C@@H](C)CN(C)[C@H](C)[C@@H](O)[C@]1(C)O.CC[C@H]1OC(=O)[C@H](C)[C@@H](O[C@H]2C[C@@](C)(OC)[C@@H](O)[C@H](C)O2)[C@H](C)[C@@H](O[C@@H]2O[C@H](C)C[C@H](N(C)C)[C@H]2OC(C)=O)[C@](C)(O)C[C@@H](C)CN(C)[C@H](C)[C@@H](OC(C)=O)[C@]1(C)O. The summed E-state index contributed by atoms with van der Waals surface area (Å²) in [5, 5.41) is 94.1. The highest BCUT2D eigenvalue weighted by molar-refractivity contribution is 5.74. The third-order valence-corrected chi connectivity index (χ3v) is 24.9. The largest absolute Gasteiger partial charge is 0.459 e. The van der Waals surface area contributed by atoms with Gasteiger partial charge in [0.15, 0.2) is 31.3 Å². The molecule has 0 unspecified atom stereocenters. The summed E-state index contributed by atoms with van der Waals surface area (Å²) >= 11 is 0. The molecule has 30 nitrogen and oxygen atoms in total. The van der Waals surface area contributed by atoms with Crippen LogP contribution in [-0.4, -0.2) is 335 Å². The van der Waals surface area contributed by atoms with E-state index in [2.05, 4.69) is 0 Å². The number of methoxy groups -OCH3 is 2. The molecule has 0 spiro atoms. The summed E-state index contributed by atoms with van der Waals surface area (Å²) < 4.78 is 87.4. The number of carbonyl (C=O) groups excluding carboxylic acids is 4. The second kappa shape index (κ2) is 40.0. The van der Waals surface area contributed by atoms with Gasteiger partial charge >= 0.3 is 23.9 Å². The van der Waals surface area contributed by atoms with Crippen LogP contribution < -0.4 is 0 Å². The molecule has 6 rings (SSSR count). The number of hydrogen-bond acceptors (Lipinski definition) is 30. The van der Waals surface area contributed by atoms with Gasteiger partial charge in [-0.25, -0.2) is 0 Å². The van der Waals surface area contributed by atoms with Gasteiger partial charge in [0.05, 0.1) is 89.1 Å². The van der Waals surface area contributed by atoms with Gasteiger partial charge in [-0.3, -0.25) is 24.1 Å². The Morgan fingerprint density at radius 3 is 1.25 bits per heavy atom. The Morgan fingerprint density at radius 1 is 0.491 bits per heavy atom. The normalized spacial score (nSPS) is 47.4. The van der Waals surface area contributed by atoms with E-state index in [4.69, 9.17) is 66.3 Å². The minimum absolute atomic E-state index is 0.0990. The van der Waals surface area contributed by atoms with E-state index in [0.717, 1.165) is 0 Å². The van der Waals surface area contributed by atoms with Crippen molar-refractivity contribution in [2.45, 2.75) is 384 Å². The first-order valence-corrected chi connectivity index (χ1v) is 40.1. The lowest BCUT2D eigenvalue weighted by Gasteiger charge is -2.49. The van der Waals surface area contributed by atoms with Gasteiger partial charge in [-0.2, -0.15) is 0 Å². The lowest BCUT2D eigenvalue weighted by molar-refractivity contribution is -0.318. The summed E-state index contributed by atoms with van der Waals surface area (Å²) in [6, 6.07) is -1.64. The zero-order valence-electron chi connectivity index (χ0n) is 72.1. The summed E-state index contributed by atoms with van der Waals surface area (Å²) in [6.07, 6.45) is -16.5. The predicted octanol–water partition coefficient (Wildman–Crippen LogP) is 4.94. The number of aliphatic hydroxyl groups excluding tert-OH is 4. The Morgan fingerprint density at radius 2 is 0.864 bits per heavy atom. The zero-order chi connectivity index (χ0) is 83.9. The number of aliphatic hydroxyl groups is 8. The Labute approximate surface area is 656 Å². The molecule has 6 aliphatic rings. The van der Waals surface area contributed by atoms with Crippen molar-refractivity contribution in [3.8, 4) is 0 Å². The lowest BCUT2D eigenvalue weighted by Crippen LogP contribution is -2.61. The number of carbonyl (C=O) groups is 4. The van der Waals surface area contributed by atoms with E-state index in [-0.39, 0.29) is 74.7 Å². The van der Waals surface area contributed by atoms with Gasteiger partial charge < -0.3 is 122 Å². The van der Waals surface area contributed by atoms with Gasteiger partial charge in [-0.05, 0) is 190 Å². The Balaban J connectivity index is 0.000000396. The highest BCUT2D eigenvalue weighted by Gasteiger charge is 2.57. The Bertz CT molecular complexity index is 2880. The molecule has 644 valence electrons. The fourth-order valence-electron chi connectivity index (χ4n) is 18.2. The first kappa shape index (κ1) is 97.6. The van der Waals surface area contributed by atoms with Gasteiger partial charge in [0.1, 0.15) is 53.9 Å². The van der Waals surface area contributed by atoms with E-state index < -0.39 is 204 Å². The molecule has 6 heterocycles. The number of likely N-dealkylation sites (N-methyl/N-ethyl adjacent to an activating group) is 4. The maximum Gasteiger partial charge on any atom is 0.311 e. The molecular formula is C80H148N4O26. The highest BCUT2D eigenvalue weighted by atomic mass is 16.7. The molecule has 0 amide bonds. The molecule has 30 heteroatoms. The molecule has 6 fully saturated rings. The quantitative estimate of drug-likeness (QED) is 0.0749. The van der Waals surface area contributed by atoms with Crippen LogP contribution in [0.4, 0.5) is 0 Å². The van der Waals surface area contributed by atoms with Crippen molar-refractivity contribution in [3.05, 3.63) is 0 Å². The minimum Gasteiger partial charge on any atom is -0.459 e. The molecule has 0 aromatic rings. The van der Waals surface area contributed by atoms with Crippen LogP contribution in [0.2, 0.25) is 0 Å². The maximum atomic E-state index is 14.5. The molecule has 0 radical (unpaired) electrons. The molecule has 110 heavy (non-hydrogen) atoms. The lowest BCUT2D eigenvalue weighted by atomic mass is 9.77. The first-order chi connectivity index (χ1) is 50.6. The van der Waals surface area contributed by atoms with E-state index in [1.165, 1.54) is 41.9 Å². The van der Waals surface area contributed by atoms with Crippen molar-refractivity contribution in [2.75, 3.05) is 69.6 Å². The Hall–Kier alpha value is -3.00. The van der Waals surface area contributed by atoms with Gasteiger partial charge in [0.2, 0.25) is 0 Å². The highest BCUT2D eigenvalue weighted by Crippen LogP contribution is 2.44. The average Bonchev–Trinajstić information content (AvgIpc) is 1.25.